The van der Waals surface area contributed by atoms with Gasteiger partial charge >= 0.3 is 0 Å². The average Bonchev–Trinajstić information content (AvgIpc) is 2.85. The first-order valence-electron chi connectivity index (χ1n) is 12.3. The Labute approximate surface area is 224 Å². The maximum Gasteiger partial charge on any atom is 0.273 e. The van der Waals surface area contributed by atoms with Crippen LogP contribution in [0.15, 0.2) is 0 Å². The standard InChI is InChI=1S/C21H38O17S/c1-6(2)33-20-14(28)17(38-19-13(27)12(26)10(24)7(3)34-19)16(9(5-23)36-20)37-21-15(29)18(39(30,31)32)11(25)8(4-22)35-21/h6-29H,4-5H2,1-3H3,(H,30,31,32). The van der Waals surface area contributed by atoms with Crippen LogP contribution in [0.3, 0.4) is 0 Å². The highest BCUT2D eigenvalue weighted by Gasteiger charge is 2.56. The molecule has 3 aliphatic rings. The van der Waals surface area contributed by atoms with E-state index in [-0.39, 0.29) is 0 Å². The van der Waals surface area contributed by atoms with Gasteiger partial charge in [-0.05, 0) is 20.8 Å². The second kappa shape index (κ2) is 13.1. The van der Waals surface area contributed by atoms with Crippen molar-refractivity contribution in [3.63, 3.8) is 0 Å². The largest absolute Gasteiger partial charge is 0.394 e. The fraction of sp³-hybridized carbons (Fsp3) is 1.00. The summed E-state index contributed by atoms with van der Waals surface area (Å²) in [4.78, 5) is 0. The van der Waals surface area contributed by atoms with E-state index in [1.807, 2.05) is 0 Å². The molecule has 0 aromatic rings. The van der Waals surface area contributed by atoms with Gasteiger partial charge in [0.05, 0.1) is 25.4 Å². The summed E-state index contributed by atoms with van der Waals surface area (Å²) in [5.41, 5.74) is 0. The van der Waals surface area contributed by atoms with E-state index < -0.39 is 121 Å². The van der Waals surface area contributed by atoms with Crippen LogP contribution < -0.4 is 0 Å². The van der Waals surface area contributed by atoms with E-state index in [4.69, 9.17) is 28.4 Å². The Bertz CT molecular complexity index is 890. The highest BCUT2D eigenvalue weighted by molar-refractivity contribution is 7.86. The lowest BCUT2D eigenvalue weighted by Gasteiger charge is -2.49. The van der Waals surface area contributed by atoms with Crippen molar-refractivity contribution in [1.29, 1.82) is 0 Å². The second-order valence-electron chi connectivity index (χ2n) is 9.97. The number of aliphatic hydroxyl groups is 8. The molecular weight excluding hydrogens is 556 g/mol. The summed E-state index contributed by atoms with van der Waals surface area (Å²) < 4.78 is 66.7. The first-order chi connectivity index (χ1) is 18.1. The fourth-order valence-electron chi connectivity index (χ4n) is 4.69. The topological polar surface area (TPSA) is 272 Å². The average molecular weight is 595 g/mol. The first-order valence-corrected chi connectivity index (χ1v) is 13.8. The van der Waals surface area contributed by atoms with Crippen molar-refractivity contribution in [3.8, 4) is 0 Å². The number of rotatable bonds is 9. The third kappa shape index (κ3) is 7.05. The summed E-state index contributed by atoms with van der Waals surface area (Å²) >= 11 is 0. The van der Waals surface area contributed by atoms with E-state index in [9.17, 15) is 53.8 Å². The van der Waals surface area contributed by atoms with Gasteiger partial charge in [0.15, 0.2) is 18.9 Å². The molecular formula is C21H38O17S. The smallest absolute Gasteiger partial charge is 0.273 e. The van der Waals surface area contributed by atoms with Gasteiger partial charge in [-0.1, -0.05) is 0 Å². The highest BCUT2D eigenvalue weighted by Crippen LogP contribution is 2.34. The van der Waals surface area contributed by atoms with Crippen molar-refractivity contribution in [2.75, 3.05) is 13.2 Å². The van der Waals surface area contributed by atoms with Crippen molar-refractivity contribution in [2.24, 2.45) is 0 Å². The molecule has 0 spiro atoms. The molecule has 9 N–H and O–H groups in total. The quantitative estimate of drug-likeness (QED) is 0.113. The lowest BCUT2D eigenvalue weighted by atomic mass is 9.96. The molecule has 3 aliphatic heterocycles. The molecule has 15 unspecified atom stereocenters. The van der Waals surface area contributed by atoms with E-state index in [0.717, 1.165) is 0 Å². The molecule has 230 valence electrons. The highest BCUT2D eigenvalue weighted by atomic mass is 32.2. The van der Waals surface area contributed by atoms with Crippen LogP contribution in [0.25, 0.3) is 0 Å². The van der Waals surface area contributed by atoms with Gasteiger partial charge in [-0.15, -0.1) is 0 Å². The summed E-state index contributed by atoms with van der Waals surface area (Å²) in [6.07, 6.45) is -24.0. The Balaban J connectivity index is 1.95. The van der Waals surface area contributed by atoms with Crippen molar-refractivity contribution in [3.05, 3.63) is 0 Å². The van der Waals surface area contributed by atoms with E-state index in [0.29, 0.717) is 0 Å². The summed E-state index contributed by atoms with van der Waals surface area (Å²) in [6, 6.07) is 0. The Kier molecular flexibility index (Phi) is 11.0. The lowest BCUT2D eigenvalue weighted by Crippen LogP contribution is -2.67. The number of ether oxygens (including phenoxy) is 6. The number of hydrogen-bond donors (Lipinski definition) is 9. The summed E-state index contributed by atoms with van der Waals surface area (Å²) in [6.45, 7) is 2.87. The molecule has 3 saturated heterocycles. The van der Waals surface area contributed by atoms with Crippen LogP contribution in [0.5, 0.6) is 0 Å². The third-order valence-electron chi connectivity index (χ3n) is 6.76. The van der Waals surface area contributed by atoms with Gasteiger partial charge < -0.3 is 69.3 Å². The summed E-state index contributed by atoms with van der Waals surface area (Å²) in [5, 5.41) is 79.8. The molecule has 0 radical (unpaired) electrons. The third-order valence-corrected chi connectivity index (χ3v) is 8.00. The molecule has 0 amide bonds. The van der Waals surface area contributed by atoms with Gasteiger partial charge in [-0.2, -0.15) is 8.42 Å². The molecule has 0 saturated carbocycles. The Morgan fingerprint density at radius 1 is 0.692 bits per heavy atom. The molecule has 3 rings (SSSR count). The second-order valence-corrected chi connectivity index (χ2v) is 11.5. The zero-order valence-corrected chi connectivity index (χ0v) is 22.2. The number of aliphatic hydroxyl groups excluding tert-OH is 8. The van der Waals surface area contributed by atoms with Gasteiger partial charge in [-0.25, -0.2) is 0 Å². The van der Waals surface area contributed by atoms with Crippen molar-refractivity contribution in [2.45, 2.75) is 118 Å². The van der Waals surface area contributed by atoms with Crippen LogP contribution in [-0.2, 0) is 38.5 Å². The number of hydrogen-bond acceptors (Lipinski definition) is 16. The first kappa shape index (κ1) is 32.9. The molecule has 3 fully saturated rings. The molecule has 0 bridgehead atoms. The van der Waals surface area contributed by atoms with Crippen LogP contribution in [0.4, 0.5) is 0 Å². The van der Waals surface area contributed by atoms with Crippen LogP contribution in [-0.4, -0.2) is 164 Å². The van der Waals surface area contributed by atoms with E-state index in [1.165, 1.54) is 6.92 Å². The molecule has 3 heterocycles. The Morgan fingerprint density at radius 2 is 1.23 bits per heavy atom. The molecule has 0 aliphatic carbocycles. The monoisotopic (exact) mass is 594 g/mol. The zero-order chi connectivity index (χ0) is 29.4. The zero-order valence-electron chi connectivity index (χ0n) is 21.4. The maximum absolute atomic E-state index is 11.9. The van der Waals surface area contributed by atoms with Crippen LogP contribution >= 0.6 is 0 Å². The van der Waals surface area contributed by atoms with Gasteiger partial charge in [0.25, 0.3) is 10.1 Å². The normalized spacial score (nSPS) is 47.9. The minimum absolute atomic E-state index is 0.499. The van der Waals surface area contributed by atoms with Crippen LogP contribution in [0, 0.1) is 0 Å². The molecule has 0 aromatic carbocycles. The van der Waals surface area contributed by atoms with Gasteiger partial charge in [0.2, 0.25) is 0 Å². The van der Waals surface area contributed by atoms with Gasteiger partial charge in [0, 0.05) is 0 Å². The van der Waals surface area contributed by atoms with Crippen LogP contribution in [0.2, 0.25) is 0 Å². The molecule has 17 nitrogen and oxygen atoms in total. The molecule has 15 atom stereocenters. The minimum atomic E-state index is -5.11. The van der Waals surface area contributed by atoms with E-state index in [2.05, 4.69) is 0 Å². The van der Waals surface area contributed by atoms with Crippen molar-refractivity contribution >= 4 is 10.1 Å². The van der Waals surface area contributed by atoms with Crippen molar-refractivity contribution < 1.29 is 82.2 Å². The molecule has 18 heteroatoms. The van der Waals surface area contributed by atoms with Crippen LogP contribution in [0.1, 0.15) is 20.8 Å². The Hall–Kier alpha value is -0.650. The SMILES string of the molecule is CC(C)OC1OC(CO)C(OC2OC(CO)C(O)C(S(=O)(=O)O)C2O)C(OC2OC(C)C(O)C(O)C2O)C1O. The predicted octanol–water partition coefficient (Wildman–Crippen LogP) is -5.22. The summed E-state index contributed by atoms with van der Waals surface area (Å²) in [5.74, 6) is 0. The van der Waals surface area contributed by atoms with E-state index >= 15 is 0 Å². The minimum Gasteiger partial charge on any atom is -0.394 e. The van der Waals surface area contributed by atoms with E-state index in [1.54, 1.807) is 13.8 Å². The lowest BCUT2D eigenvalue weighted by molar-refractivity contribution is -0.383. The van der Waals surface area contributed by atoms with Gasteiger partial charge in [0.1, 0.15) is 66.3 Å². The summed E-state index contributed by atoms with van der Waals surface area (Å²) in [7, 11) is -5.11. The maximum atomic E-state index is 11.9. The van der Waals surface area contributed by atoms with Crippen molar-refractivity contribution in [1.82, 2.24) is 0 Å². The molecule has 39 heavy (non-hydrogen) atoms. The predicted molar refractivity (Wildman–Crippen MR) is 123 cm³/mol. The Morgan fingerprint density at radius 3 is 1.77 bits per heavy atom. The van der Waals surface area contributed by atoms with Gasteiger partial charge in [-0.3, -0.25) is 4.55 Å². The fourth-order valence-corrected chi connectivity index (χ4v) is 5.70. The molecule has 0 aromatic heterocycles.